The first-order chi connectivity index (χ1) is 71.5. The number of fused-ring (bicyclic) bond motifs is 18. The van der Waals surface area contributed by atoms with Crippen molar-refractivity contribution >= 4 is 88.9 Å². The highest BCUT2D eigenvalue weighted by Gasteiger charge is 2.36. The van der Waals surface area contributed by atoms with Gasteiger partial charge in [-0.05, 0) is 250 Å². The van der Waals surface area contributed by atoms with Crippen LogP contribution in [0.5, 0.6) is 0 Å². The molecule has 7 heteroatoms. The molecule has 5 aromatic heterocycles. The predicted molar refractivity (Wildman–Crippen MR) is 603 cm³/mol. The van der Waals surface area contributed by atoms with E-state index in [2.05, 4.69) is 568 Å². The summed E-state index contributed by atoms with van der Waals surface area (Å²) in [4.78, 5) is 9.80. The number of nitrogens with zero attached hydrogens (tertiary/aromatic N) is 7. The molecule has 0 amide bonds. The van der Waals surface area contributed by atoms with Crippen LogP contribution in [0.3, 0.4) is 0 Å². The fraction of sp³-hybridized carbons (Fsp3) is 0. The zero-order valence-electron chi connectivity index (χ0n) is 78.7. The summed E-state index contributed by atoms with van der Waals surface area (Å²) >= 11 is 0. The Bertz CT molecular complexity index is 9340. The van der Waals surface area contributed by atoms with Crippen LogP contribution < -0.4 is 9.80 Å². The van der Waals surface area contributed by atoms with Crippen LogP contribution in [0.4, 0.5) is 34.4 Å². The summed E-state index contributed by atoms with van der Waals surface area (Å²) in [7, 11) is 0. The summed E-state index contributed by atoms with van der Waals surface area (Å²) in [6, 6.07) is 195. The maximum atomic E-state index is 4.91. The van der Waals surface area contributed by atoms with E-state index in [-0.39, 0.29) is 0 Å². The first-order valence-electron chi connectivity index (χ1n) is 49.4. The molecule has 0 N–H and O–H groups in total. The number of rotatable bonds is 14. The average Bonchev–Trinajstić information content (AvgIpc) is 1.54. The molecule has 7 nitrogen and oxygen atoms in total. The molecule has 5 heterocycles. The molecule has 0 unspecified atom stereocenters. The van der Waals surface area contributed by atoms with Gasteiger partial charge in [0.05, 0.1) is 33.3 Å². The van der Waals surface area contributed by atoms with Crippen LogP contribution in [0.2, 0.25) is 0 Å². The van der Waals surface area contributed by atoms with Gasteiger partial charge < -0.3 is 9.13 Å². The Kier molecular flexibility index (Phi) is 20.8. The third kappa shape index (κ3) is 14.3. The lowest BCUT2D eigenvalue weighted by Gasteiger charge is -2.29. The molecule has 0 atom stereocenters. The number of hydrogen-bond acceptors (Lipinski definition) is 3. The van der Waals surface area contributed by atoms with Crippen LogP contribution in [0.1, 0.15) is 0 Å². The van der Waals surface area contributed by atoms with Crippen LogP contribution >= 0.6 is 0 Å². The number of hydrogen-bond donors (Lipinski definition) is 0. The van der Waals surface area contributed by atoms with Crippen LogP contribution in [-0.4, -0.2) is 23.3 Å². The molecule has 0 saturated heterocycles. The zero-order valence-corrected chi connectivity index (χ0v) is 78.7. The molecular weight excluding hydrogens is 1740 g/mol. The van der Waals surface area contributed by atoms with Crippen molar-refractivity contribution in [2.24, 2.45) is 0 Å². The number of benzene rings is 21. The second kappa shape index (κ2) is 35.7. The molecular formula is C137H91N7. The van der Waals surface area contributed by atoms with Gasteiger partial charge in [-0.1, -0.05) is 406 Å². The van der Waals surface area contributed by atoms with Gasteiger partial charge in [0, 0.05) is 107 Å². The molecule has 144 heavy (non-hydrogen) atoms. The van der Waals surface area contributed by atoms with Gasteiger partial charge in [0.2, 0.25) is 0 Å². The van der Waals surface area contributed by atoms with Gasteiger partial charge in [0.1, 0.15) is 11.6 Å². The van der Waals surface area contributed by atoms with Crippen molar-refractivity contribution < 1.29 is 0 Å². The Labute approximate surface area is 835 Å². The maximum Gasteiger partial charge on any atom is 0.131 e. The highest BCUT2D eigenvalue weighted by atomic mass is 15.3. The van der Waals surface area contributed by atoms with Gasteiger partial charge in [-0.2, -0.15) is 0 Å². The van der Waals surface area contributed by atoms with E-state index < -0.39 is 0 Å². The second-order valence-corrected chi connectivity index (χ2v) is 37.1. The Morgan fingerprint density at radius 2 is 0.451 bits per heavy atom. The molecule has 0 saturated carbocycles. The zero-order chi connectivity index (χ0) is 95.1. The van der Waals surface area contributed by atoms with Gasteiger partial charge in [0.25, 0.3) is 0 Å². The lowest BCUT2D eigenvalue weighted by Crippen LogP contribution is -2.15. The lowest BCUT2D eigenvalue weighted by atomic mass is 9.94. The van der Waals surface area contributed by atoms with E-state index in [1.54, 1.807) is 0 Å². The topological polar surface area (TPSA) is 39.1 Å². The smallest absolute Gasteiger partial charge is 0.131 e. The minimum absolute atomic E-state index is 1.03. The van der Waals surface area contributed by atoms with E-state index in [9.17, 15) is 0 Å². The molecule has 3 aliphatic carbocycles. The van der Waals surface area contributed by atoms with E-state index in [1.165, 1.54) is 194 Å². The van der Waals surface area contributed by atoms with Crippen molar-refractivity contribution in [2.45, 2.75) is 0 Å². The summed E-state index contributed by atoms with van der Waals surface area (Å²) in [6.45, 7) is 0. The SMILES string of the molecule is c1ccc(-c2ccc(N(c3ccccc3)c3c4c5c(cccc5n3-c3cccc(-c5ccccc5)c3)-c3ccccc3-c3ccccc3-4)cc2)cc1.c1ccc(-c2ccc(N(c3ccccc3)c3c4c5c(cccc5n3-c3ccccc3)-c3ccccc3-c3ccccc3-4)cc2)cc1.c1ccc2c(c1)-c1cccnc1-c1cn(-c3ccc(-c4ccc(-n5c6ccccc6c6ccccc65)cc4)cc3)c3cccc-2c13. The Morgan fingerprint density at radius 3 is 0.903 bits per heavy atom. The van der Waals surface area contributed by atoms with E-state index in [1.807, 2.05) is 12.3 Å². The van der Waals surface area contributed by atoms with Crippen molar-refractivity contribution in [3.63, 3.8) is 0 Å². The van der Waals surface area contributed by atoms with Crippen molar-refractivity contribution in [1.29, 1.82) is 0 Å². The summed E-state index contributed by atoms with van der Waals surface area (Å²) in [5, 5.41) is 6.32. The van der Waals surface area contributed by atoms with E-state index in [0.717, 1.165) is 62.8 Å². The monoisotopic (exact) mass is 1830 g/mol. The molecule has 0 fully saturated rings. The van der Waals surface area contributed by atoms with Gasteiger partial charge >= 0.3 is 0 Å². The van der Waals surface area contributed by atoms with E-state index >= 15 is 0 Å². The standard InChI is InChI=1S/C50H34N2.C44H30N2.C43H27N3/c1-4-16-35(17-5-1)37-30-32-40(33-31-37)51(39-21-8-3-9-22-39)50-49-46-27-13-12-26-44(46)42-24-10-11-25-43(42)45-28-15-29-47(48(45)49)52(50)41-23-14-20-38(34-41)36-18-6-2-7-19-36;1-4-15-31(16-5-1)32-27-29-35(30-28-32)45(33-17-6-2-7-18-33)44-43-40-24-13-12-23-38(40)36-21-10-11-22-37(36)39-25-14-26-41(42(39)43)46(44)34-19-8-3-9-20-34;1-2-10-33-32(9-1)36-13-7-17-41-42(36)38(43-37(33)14-8-26-44-43)27-45(41)30-22-18-28(19-23-30)29-20-24-31(25-21-29)46-39-15-5-3-11-34(39)35-12-4-6-16-40(35)46/h1-34H;1-30H;1-27H. The highest BCUT2D eigenvalue weighted by Crippen LogP contribution is 2.59. The van der Waals surface area contributed by atoms with Crippen molar-refractivity contribution in [3.05, 3.63) is 552 Å². The first kappa shape index (κ1) is 84.1. The first-order valence-corrected chi connectivity index (χ1v) is 49.4. The van der Waals surface area contributed by atoms with Crippen molar-refractivity contribution in [1.82, 2.24) is 23.3 Å². The molecule has 0 spiro atoms. The Hall–Kier alpha value is -19.2. The van der Waals surface area contributed by atoms with Crippen LogP contribution in [0.25, 0.3) is 222 Å². The fourth-order valence-corrected chi connectivity index (χ4v) is 22.7. The quantitative estimate of drug-likeness (QED) is 0.109. The minimum Gasteiger partial charge on any atom is -0.316 e. The third-order valence-corrected chi connectivity index (χ3v) is 29.1. The summed E-state index contributed by atoms with van der Waals surface area (Å²) in [5.41, 5.74) is 46.5. The number of anilines is 6. The molecule has 21 aromatic carbocycles. The number of pyridine rings is 1. The van der Waals surface area contributed by atoms with Gasteiger partial charge in [-0.15, -0.1) is 0 Å². The van der Waals surface area contributed by atoms with Crippen LogP contribution in [0, 0.1) is 0 Å². The predicted octanol–water partition coefficient (Wildman–Crippen LogP) is 36.9. The Morgan fingerprint density at radius 1 is 0.167 bits per heavy atom. The molecule has 29 rings (SSSR count). The Balaban J connectivity index is 0.000000108. The molecule has 0 radical (unpaired) electrons. The second-order valence-electron chi connectivity index (χ2n) is 37.1. The van der Waals surface area contributed by atoms with Gasteiger partial charge in [-0.25, -0.2) is 0 Å². The van der Waals surface area contributed by atoms with Gasteiger partial charge in [0.15, 0.2) is 0 Å². The molecule has 0 aliphatic heterocycles. The fourth-order valence-electron chi connectivity index (χ4n) is 22.7. The lowest BCUT2D eigenvalue weighted by molar-refractivity contribution is 1.07. The molecule has 0 bridgehead atoms. The average molecular weight is 1840 g/mol. The number of para-hydroxylation sites is 5. The largest absolute Gasteiger partial charge is 0.316 e. The minimum atomic E-state index is 1.03. The molecule has 674 valence electrons. The van der Waals surface area contributed by atoms with Crippen molar-refractivity contribution in [2.75, 3.05) is 9.80 Å². The molecule has 26 aromatic rings. The van der Waals surface area contributed by atoms with Crippen LogP contribution in [-0.2, 0) is 0 Å². The highest BCUT2D eigenvalue weighted by molar-refractivity contribution is 6.21. The molecule has 3 aliphatic rings. The third-order valence-electron chi connectivity index (χ3n) is 29.1. The number of aromatic nitrogens is 5. The normalized spacial score (nSPS) is 11.6. The summed E-state index contributed by atoms with van der Waals surface area (Å²) in [5.74, 6) is 2.22. The van der Waals surface area contributed by atoms with Crippen LogP contribution in [0.15, 0.2) is 552 Å². The van der Waals surface area contributed by atoms with Gasteiger partial charge in [-0.3, -0.25) is 23.9 Å². The maximum absolute atomic E-state index is 4.91. The van der Waals surface area contributed by atoms with Crippen molar-refractivity contribution in [3.8, 4) is 168 Å². The summed E-state index contributed by atoms with van der Waals surface area (Å²) < 4.78 is 9.62. The van der Waals surface area contributed by atoms with E-state index in [4.69, 9.17) is 4.98 Å². The summed E-state index contributed by atoms with van der Waals surface area (Å²) in [6.07, 6.45) is 4.17. The van der Waals surface area contributed by atoms with E-state index in [0.29, 0.717) is 0 Å².